The van der Waals surface area contributed by atoms with Gasteiger partial charge in [0.25, 0.3) is 11.8 Å². The van der Waals surface area contributed by atoms with Crippen molar-refractivity contribution in [2.45, 2.75) is 182 Å². The average Bonchev–Trinajstić information content (AvgIpc) is 3.05. The van der Waals surface area contributed by atoms with Crippen LogP contribution in [0.5, 0.6) is 0 Å². The van der Waals surface area contributed by atoms with Crippen LogP contribution in [0.15, 0.2) is 12.1 Å². The van der Waals surface area contributed by atoms with E-state index in [1.54, 1.807) is 0 Å². The Labute approximate surface area is 312 Å². The quantitative estimate of drug-likeness (QED) is 0.0571. The van der Waals surface area contributed by atoms with Crippen LogP contribution < -0.4 is 0 Å². The second-order valence-corrected chi connectivity index (χ2v) is 15.8. The predicted octanol–water partition coefficient (Wildman–Crippen LogP) is 13.2. The molecule has 1 rings (SSSR count). The van der Waals surface area contributed by atoms with Gasteiger partial charge in [0.2, 0.25) is 0 Å². The molecule has 0 aliphatic heterocycles. The summed E-state index contributed by atoms with van der Waals surface area (Å²) >= 11 is 4.60. The number of amides is 2. The fourth-order valence-corrected chi connectivity index (χ4v) is 7.57. The van der Waals surface area contributed by atoms with Gasteiger partial charge in [-0.2, -0.15) is 0 Å². The fourth-order valence-electron chi connectivity index (χ4n) is 6.18. The summed E-state index contributed by atoms with van der Waals surface area (Å²) in [5, 5.41) is 0. The van der Waals surface area contributed by atoms with Crippen molar-refractivity contribution < 1.29 is 9.59 Å². The smallest absolute Gasteiger partial charge is 0.254 e. The molecule has 0 saturated heterocycles. The molecule has 0 aliphatic carbocycles. The third-order valence-corrected chi connectivity index (χ3v) is 11.0. The minimum absolute atomic E-state index is 0.138. The first-order chi connectivity index (χ1) is 22.4. The molecule has 0 radical (unpaired) electrons. The summed E-state index contributed by atoms with van der Waals surface area (Å²) in [6.07, 6.45) is 29.5. The molecule has 0 spiro atoms. The minimum atomic E-state index is 0.138. The summed E-state index contributed by atoms with van der Waals surface area (Å²) in [5.41, 5.74) is 1.52. The number of hydrogen-bond donors (Lipinski definition) is 0. The van der Waals surface area contributed by atoms with Crippen LogP contribution in [0.2, 0.25) is 0 Å². The first-order valence-corrected chi connectivity index (χ1v) is 21.6. The summed E-state index contributed by atoms with van der Waals surface area (Å²) in [7, 11) is 0. The molecular formula is C40H70I2N2O2. The van der Waals surface area contributed by atoms with Gasteiger partial charge in [-0.15, -0.1) is 0 Å². The highest BCUT2D eigenvalue weighted by Gasteiger charge is 2.24. The number of hydrogen-bond acceptors (Lipinski definition) is 2. The lowest BCUT2D eigenvalue weighted by atomic mass is 10.1. The van der Waals surface area contributed by atoms with Crippen molar-refractivity contribution in [2.24, 2.45) is 0 Å². The van der Waals surface area contributed by atoms with E-state index in [4.69, 9.17) is 0 Å². The van der Waals surface area contributed by atoms with E-state index in [1.807, 2.05) is 12.1 Å². The zero-order valence-electron chi connectivity index (χ0n) is 30.4. The van der Waals surface area contributed by atoms with Crippen LogP contribution in [-0.2, 0) is 0 Å². The second-order valence-electron chi connectivity index (χ2n) is 13.5. The van der Waals surface area contributed by atoms with Gasteiger partial charge in [-0.3, -0.25) is 9.59 Å². The number of carbonyl (C=O) groups is 2. The number of nitrogens with zero attached hydrogens (tertiary/aromatic N) is 2. The molecule has 0 atom stereocenters. The summed E-state index contributed by atoms with van der Waals surface area (Å²) in [6.45, 7) is 12.3. The van der Waals surface area contributed by atoms with E-state index in [2.05, 4.69) is 82.7 Å². The lowest BCUT2D eigenvalue weighted by Gasteiger charge is -2.26. The fraction of sp³-hybridized carbons (Fsp3) is 0.800. The van der Waals surface area contributed by atoms with Crippen LogP contribution in [0.3, 0.4) is 0 Å². The topological polar surface area (TPSA) is 40.6 Å². The molecule has 6 heteroatoms. The molecule has 1 aromatic carbocycles. The molecule has 0 aliphatic rings. The Morgan fingerprint density at radius 1 is 0.413 bits per heavy atom. The van der Waals surface area contributed by atoms with Crippen LogP contribution in [-0.4, -0.2) is 47.8 Å². The summed E-state index contributed by atoms with van der Waals surface area (Å²) in [4.78, 5) is 32.2. The third-order valence-electron chi connectivity index (χ3n) is 9.22. The maximum absolute atomic E-state index is 14.0. The Hall–Kier alpha value is -0.380. The lowest BCUT2D eigenvalue weighted by Crippen LogP contribution is -2.35. The van der Waals surface area contributed by atoms with Gasteiger partial charge in [0.1, 0.15) is 0 Å². The number of rotatable bonds is 30. The standard InChI is InChI=1S/C40H70I2N2O2/c1-5-9-13-17-21-25-29-43(30-26-22-18-14-10-6-2)39(45)35-33-38(42)36(34-37(35)41)40(46)44(31-27-23-19-15-11-7-3)32-28-24-20-16-12-8-4/h33-34H,5-32H2,1-4H3. The molecule has 0 unspecified atom stereocenters. The molecule has 1 aromatic rings. The Kier molecular flexibility index (Phi) is 28.0. The van der Waals surface area contributed by atoms with Gasteiger partial charge in [0.15, 0.2) is 0 Å². The highest BCUT2D eigenvalue weighted by molar-refractivity contribution is 14.1. The number of benzene rings is 1. The molecule has 266 valence electrons. The number of halogens is 2. The van der Waals surface area contributed by atoms with Gasteiger partial charge in [-0.05, 0) is 83.0 Å². The van der Waals surface area contributed by atoms with Crippen molar-refractivity contribution >= 4 is 57.0 Å². The maximum Gasteiger partial charge on any atom is 0.254 e. The van der Waals surface area contributed by atoms with E-state index in [-0.39, 0.29) is 11.8 Å². The van der Waals surface area contributed by atoms with E-state index >= 15 is 0 Å². The first-order valence-electron chi connectivity index (χ1n) is 19.5. The molecular weight excluding hydrogens is 794 g/mol. The SMILES string of the molecule is CCCCCCCCN(CCCCCCCC)C(=O)c1cc(I)c(C(=O)N(CCCCCCCC)CCCCCCCC)cc1I. The van der Waals surface area contributed by atoms with Crippen molar-refractivity contribution in [3.8, 4) is 0 Å². The van der Waals surface area contributed by atoms with Crippen LogP contribution in [0.1, 0.15) is 203 Å². The van der Waals surface area contributed by atoms with Crippen LogP contribution >= 0.6 is 45.2 Å². The summed E-state index contributed by atoms with van der Waals surface area (Å²) in [6, 6.07) is 4.00. The van der Waals surface area contributed by atoms with Crippen LogP contribution in [0, 0.1) is 7.14 Å². The number of carbonyl (C=O) groups excluding carboxylic acids is 2. The Morgan fingerprint density at radius 2 is 0.630 bits per heavy atom. The Bertz CT molecular complexity index is 817. The van der Waals surface area contributed by atoms with E-state index in [9.17, 15) is 9.59 Å². The van der Waals surface area contributed by atoms with Gasteiger partial charge < -0.3 is 9.80 Å². The van der Waals surface area contributed by atoms with Crippen molar-refractivity contribution in [2.75, 3.05) is 26.2 Å². The highest BCUT2D eigenvalue weighted by atomic mass is 127. The average molecular weight is 865 g/mol. The Morgan fingerprint density at radius 3 is 0.870 bits per heavy atom. The van der Waals surface area contributed by atoms with E-state index in [0.717, 1.165) is 70.1 Å². The molecule has 0 N–H and O–H groups in total. The van der Waals surface area contributed by atoms with Gasteiger partial charge in [-0.1, -0.05) is 156 Å². The molecule has 0 fully saturated rings. The molecule has 2 amide bonds. The third kappa shape index (κ3) is 19.6. The van der Waals surface area contributed by atoms with Crippen molar-refractivity contribution in [1.82, 2.24) is 9.80 Å². The summed E-state index contributed by atoms with van der Waals surface area (Å²) in [5.74, 6) is 0.277. The van der Waals surface area contributed by atoms with Gasteiger partial charge in [-0.25, -0.2) is 0 Å². The van der Waals surface area contributed by atoms with Crippen molar-refractivity contribution in [3.63, 3.8) is 0 Å². The molecule has 0 aromatic heterocycles. The zero-order valence-corrected chi connectivity index (χ0v) is 34.7. The summed E-state index contributed by atoms with van der Waals surface area (Å²) < 4.78 is 1.81. The minimum Gasteiger partial charge on any atom is -0.339 e. The zero-order chi connectivity index (χ0) is 33.8. The van der Waals surface area contributed by atoms with Crippen LogP contribution in [0.25, 0.3) is 0 Å². The highest BCUT2D eigenvalue weighted by Crippen LogP contribution is 2.25. The maximum atomic E-state index is 14.0. The normalized spacial score (nSPS) is 11.3. The van der Waals surface area contributed by atoms with Crippen LogP contribution in [0.4, 0.5) is 0 Å². The molecule has 0 saturated carbocycles. The molecule has 0 bridgehead atoms. The van der Waals surface area contributed by atoms with Crippen molar-refractivity contribution in [1.29, 1.82) is 0 Å². The monoisotopic (exact) mass is 864 g/mol. The van der Waals surface area contributed by atoms with E-state index in [1.165, 1.54) is 128 Å². The number of unbranched alkanes of at least 4 members (excludes halogenated alkanes) is 20. The Balaban J connectivity index is 3.00. The predicted molar refractivity (Wildman–Crippen MR) is 217 cm³/mol. The van der Waals surface area contributed by atoms with Gasteiger partial charge in [0.05, 0.1) is 11.1 Å². The molecule has 4 nitrogen and oxygen atoms in total. The first kappa shape index (κ1) is 43.6. The largest absolute Gasteiger partial charge is 0.339 e. The van der Waals surface area contributed by atoms with Gasteiger partial charge in [0, 0.05) is 33.3 Å². The van der Waals surface area contributed by atoms with E-state index < -0.39 is 0 Å². The van der Waals surface area contributed by atoms with E-state index in [0.29, 0.717) is 0 Å². The molecule has 46 heavy (non-hydrogen) atoms. The van der Waals surface area contributed by atoms with Crippen molar-refractivity contribution in [3.05, 3.63) is 30.4 Å². The van der Waals surface area contributed by atoms with Gasteiger partial charge >= 0.3 is 0 Å². The second kappa shape index (κ2) is 29.5. The molecule has 0 heterocycles. The lowest BCUT2D eigenvalue weighted by molar-refractivity contribution is 0.0735.